The van der Waals surface area contributed by atoms with Gasteiger partial charge in [0.05, 0.1) is 11.1 Å². The van der Waals surface area contributed by atoms with Gasteiger partial charge in [-0.05, 0) is 62.2 Å². The number of allylic oxidation sites excluding steroid dienone is 1. The lowest BCUT2D eigenvalue weighted by Crippen LogP contribution is -2.09. The fourth-order valence-electron chi connectivity index (χ4n) is 3.22. The second-order valence-corrected chi connectivity index (χ2v) is 7.12. The van der Waals surface area contributed by atoms with Crippen LogP contribution in [0.4, 0.5) is 0 Å². The Morgan fingerprint density at radius 2 is 1.66 bits per heavy atom. The van der Waals surface area contributed by atoms with Crippen LogP contribution in [0.3, 0.4) is 0 Å². The summed E-state index contributed by atoms with van der Waals surface area (Å²) in [6, 6.07) is 18.2. The molecule has 0 N–H and O–H groups in total. The Balaban J connectivity index is 1.62. The molecule has 0 fully saturated rings. The van der Waals surface area contributed by atoms with Crippen LogP contribution < -0.4 is 9.47 Å². The fraction of sp³-hybridized carbons (Fsp3) is 0.120. The van der Waals surface area contributed by atoms with Crippen LogP contribution >= 0.6 is 0 Å². The first-order chi connectivity index (χ1) is 13.9. The SMILES string of the molecule is Cc1ccc(C(=O)Oc2ccc3c(c2C)O/C(=C\c2ccccc2C)C3=O)cc1. The Bertz CT molecular complexity index is 1150. The van der Waals surface area contributed by atoms with Crippen LogP contribution in [0.1, 0.15) is 43.0 Å². The van der Waals surface area contributed by atoms with Gasteiger partial charge in [0, 0.05) is 5.56 Å². The number of hydrogen-bond acceptors (Lipinski definition) is 4. The summed E-state index contributed by atoms with van der Waals surface area (Å²) in [7, 11) is 0. The number of rotatable bonds is 3. The highest BCUT2D eigenvalue weighted by atomic mass is 16.5. The molecule has 0 spiro atoms. The molecule has 0 unspecified atom stereocenters. The number of ketones is 1. The van der Waals surface area contributed by atoms with Gasteiger partial charge in [0.25, 0.3) is 0 Å². The number of Topliss-reactive ketones (excluding diaryl/α,β-unsaturated/α-hetero) is 1. The van der Waals surface area contributed by atoms with Crippen LogP contribution in [0.15, 0.2) is 66.4 Å². The minimum Gasteiger partial charge on any atom is -0.452 e. The largest absolute Gasteiger partial charge is 0.452 e. The molecule has 0 radical (unpaired) electrons. The van der Waals surface area contributed by atoms with E-state index in [1.807, 2.05) is 50.2 Å². The van der Waals surface area contributed by atoms with E-state index < -0.39 is 5.97 Å². The van der Waals surface area contributed by atoms with Gasteiger partial charge in [-0.3, -0.25) is 4.79 Å². The summed E-state index contributed by atoms with van der Waals surface area (Å²) in [5.74, 6) is 0.443. The first-order valence-corrected chi connectivity index (χ1v) is 9.36. The number of carbonyl (C=O) groups is 2. The predicted octanol–water partition coefficient (Wildman–Crippen LogP) is 5.45. The van der Waals surface area contributed by atoms with E-state index in [-0.39, 0.29) is 11.5 Å². The van der Waals surface area contributed by atoms with Gasteiger partial charge in [-0.2, -0.15) is 0 Å². The van der Waals surface area contributed by atoms with Gasteiger partial charge in [-0.15, -0.1) is 0 Å². The highest BCUT2D eigenvalue weighted by Gasteiger charge is 2.30. The Kier molecular flexibility index (Phi) is 4.77. The topological polar surface area (TPSA) is 52.6 Å². The molecule has 4 nitrogen and oxygen atoms in total. The molecule has 1 aliphatic rings. The minimum absolute atomic E-state index is 0.178. The molecule has 0 saturated carbocycles. The third kappa shape index (κ3) is 3.57. The molecule has 0 aliphatic carbocycles. The van der Waals surface area contributed by atoms with Crippen molar-refractivity contribution in [3.63, 3.8) is 0 Å². The van der Waals surface area contributed by atoms with E-state index >= 15 is 0 Å². The van der Waals surface area contributed by atoms with Crippen LogP contribution in [0.25, 0.3) is 6.08 Å². The van der Waals surface area contributed by atoms with Crippen LogP contribution in [-0.2, 0) is 0 Å². The van der Waals surface area contributed by atoms with Crippen molar-refractivity contribution in [2.45, 2.75) is 20.8 Å². The molecular formula is C25H20O4. The molecule has 0 atom stereocenters. The van der Waals surface area contributed by atoms with Crippen molar-refractivity contribution in [3.8, 4) is 11.5 Å². The van der Waals surface area contributed by atoms with Crippen LogP contribution in [-0.4, -0.2) is 11.8 Å². The van der Waals surface area contributed by atoms with Crippen molar-refractivity contribution in [1.29, 1.82) is 0 Å². The molecule has 4 heteroatoms. The Morgan fingerprint density at radius 1 is 0.931 bits per heavy atom. The number of ether oxygens (including phenoxy) is 2. The van der Waals surface area contributed by atoms with Crippen molar-refractivity contribution < 1.29 is 19.1 Å². The minimum atomic E-state index is -0.451. The molecule has 0 saturated heterocycles. The third-order valence-electron chi connectivity index (χ3n) is 5.00. The van der Waals surface area contributed by atoms with E-state index in [0.717, 1.165) is 16.7 Å². The van der Waals surface area contributed by atoms with E-state index in [4.69, 9.17) is 9.47 Å². The van der Waals surface area contributed by atoms with Gasteiger partial charge in [0.1, 0.15) is 11.5 Å². The molecule has 3 aromatic rings. The molecule has 0 aromatic heterocycles. The van der Waals surface area contributed by atoms with Crippen LogP contribution in [0, 0.1) is 20.8 Å². The number of carbonyl (C=O) groups excluding carboxylic acids is 2. The summed E-state index contributed by atoms with van der Waals surface area (Å²) in [6.07, 6.45) is 1.75. The quantitative estimate of drug-likeness (QED) is 0.342. The zero-order valence-electron chi connectivity index (χ0n) is 16.5. The number of hydrogen-bond donors (Lipinski definition) is 0. The van der Waals surface area contributed by atoms with Gasteiger partial charge >= 0.3 is 5.97 Å². The molecule has 0 amide bonds. The van der Waals surface area contributed by atoms with Gasteiger partial charge in [-0.25, -0.2) is 4.79 Å². The first-order valence-electron chi connectivity index (χ1n) is 9.36. The lowest BCUT2D eigenvalue weighted by atomic mass is 10.0. The summed E-state index contributed by atoms with van der Waals surface area (Å²) in [6.45, 7) is 5.71. The molecule has 0 bridgehead atoms. The Hall–Kier alpha value is -3.66. The van der Waals surface area contributed by atoms with Crippen LogP contribution in [0.2, 0.25) is 0 Å². The zero-order valence-corrected chi connectivity index (χ0v) is 16.5. The smallest absolute Gasteiger partial charge is 0.343 e. The normalized spacial score (nSPS) is 13.9. The fourth-order valence-corrected chi connectivity index (χ4v) is 3.22. The van der Waals surface area contributed by atoms with E-state index in [9.17, 15) is 9.59 Å². The van der Waals surface area contributed by atoms with Gasteiger partial charge < -0.3 is 9.47 Å². The van der Waals surface area contributed by atoms with E-state index in [0.29, 0.717) is 28.2 Å². The Labute approximate surface area is 169 Å². The van der Waals surface area contributed by atoms with Crippen molar-refractivity contribution >= 4 is 17.8 Å². The summed E-state index contributed by atoms with van der Waals surface area (Å²) < 4.78 is 11.4. The number of esters is 1. The molecule has 1 aliphatic heterocycles. The molecule has 1 heterocycles. The third-order valence-corrected chi connectivity index (χ3v) is 5.00. The van der Waals surface area contributed by atoms with Gasteiger partial charge in [0.15, 0.2) is 5.76 Å². The van der Waals surface area contributed by atoms with Crippen molar-refractivity contribution in [2.75, 3.05) is 0 Å². The lowest BCUT2D eigenvalue weighted by molar-refractivity contribution is 0.0733. The molecular weight excluding hydrogens is 364 g/mol. The van der Waals surface area contributed by atoms with Crippen molar-refractivity contribution in [2.24, 2.45) is 0 Å². The summed E-state index contributed by atoms with van der Waals surface area (Å²) in [5.41, 5.74) is 4.59. The summed E-state index contributed by atoms with van der Waals surface area (Å²) in [4.78, 5) is 25.2. The van der Waals surface area contributed by atoms with Gasteiger partial charge in [-0.1, -0.05) is 42.0 Å². The van der Waals surface area contributed by atoms with Crippen LogP contribution in [0.5, 0.6) is 11.5 Å². The van der Waals surface area contributed by atoms with Crippen molar-refractivity contribution in [1.82, 2.24) is 0 Å². The lowest BCUT2D eigenvalue weighted by Gasteiger charge is -2.10. The maximum Gasteiger partial charge on any atom is 0.343 e. The second-order valence-electron chi connectivity index (χ2n) is 7.12. The van der Waals surface area contributed by atoms with E-state index in [2.05, 4.69) is 0 Å². The van der Waals surface area contributed by atoms with E-state index in [1.54, 1.807) is 37.3 Å². The summed E-state index contributed by atoms with van der Waals surface area (Å²) in [5, 5.41) is 0. The maximum absolute atomic E-state index is 12.8. The summed E-state index contributed by atoms with van der Waals surface area (Å²) >= 11 is 0. The standard InChI is InChI=1S/C25H20O4/c1-15-8-10-18(11-9-15)25(27)29-21-13-12-20-23(26)22(28-24(20)17(21)3)14-19-7-5-4-6-16(19)2/h4-14H,1-3H3/b22-14-. The van der Waals surface area contributed by atoms with Gasteiger partial charge in [0.2, 0.25) is 5.78 Å². The predicted molar refractivity (Wildman–Crippen MR) is 111 cm³/mol. The number of fused-ring (bicyclic) bond motifs is 1. The molecule has 4 rings (SSSR count). The Morgan fingerprint density at radius 3 is 2.38 bits per heavy atom. The number of aryl methyl sites for hydroxylation is 2. The second kappa shape index (κ2) is 7.40. The highest BCUT2D eigenvalue weighted by Crippen LogP contribution is 2.39. The zero-order chi connectivity index (χ0) is 20.5. The monoisotopic (exact) mass is 384 g/mol. The highest BCUT2D eigenvalue weighted by molar-refractivity contribution is 6.15. The van der Waals surface area contributed by atoms with Crippen molar-refractivity contribution in [3.05, 3.63) is 99.8 Å². The first kappa shape index (κ1) is 18.7. The maximum atomic E-state index is 12.8. The van der Waals surface area contributed by atoms with E-state index in [1.165, 1.54) is 0 Å². The average Bonchev–Trinajstić information content (AvgIpc) is 3.03. The molecule has 3 aromatic carbocycles. The average molecular weight is 384 g/mol. The molecule has 144 valence electrons. The molecule has 29 heavy (non-hydrogen) atoms. The number of benzene rings is 3.